The summed E-state index contributed by atoms with van der Waals surface area (Å²) in [6.45, 7) is 7.39. The average molecular weight is 485 g/mol. The van der Waals surface area contributed by atoms with Gasteiger partial charge in [0.25, 0.3) is 5.91 Å². The van der Waals surface area contributed by atoms with Gasteiger partial charge in [-0.25, -0.2) is 8.42 Å². The molecule has 2 fully saturated rings. The fourth-order valence-corrected chi connectivity index (χ4v) is 6.23. The van der Waals surface area contributed by atoms with E-state index >= 15 is 0 Å². The highest BCUT2D eigenvalue weighted by molar-refractivity contribution is 7.89. The van der Waals surface area contributed by atoms with Crippen LogP contribution in [0.2, 0.25) is 0 Å². The van der Waals surface area contributed by atoms with Crippen LogP contribution in [0.3, 0.4) is 0 Å². The van der Waals surface area contributed by atoms with Crippen molar-refractivity contribution in [1.29, 1.82) is 0 Å². The molecule has 0 bridgehead atoms. The van der Waals surface area contributed by atoms with E-state index in [1.54, 1.807) is 22.5 Å². The molecular formula is C26H36N4O3S. The van der Waals surface area contributed by atoms with Gasteiger partial charge in [-0.3, -0.25) is 14.6 Å². The van der Waals surface area contributed by atoms with E-state index < -0.39 is 10.0 Å². The molecular weight excluding hydrogens is 448 g/mol. The normalized spacial score (nSPS) is 18.9. The SMILES string of the molecule is O=C(NCCN1CCN(Cc2ccccc2)CC1)c1cccc(S(=O)(=O)N2CCCCCC2)c1. The summed E-state index contributed by atoms with van der Waals surface area (Å²) in [5.41, 5.74) is 1.73. The standard InChI is InChI=1S/C26H36N4O3S/c31-26(24-11-8-12-25(21-24)34(32,33)30-14-6-1-2-7-15-30)27-13-16-28-17-19-29(20-18-28)22-23-9-4-3-5-10-23/h3-5,8-12,21H,1-2,6-7,13-20,22H2,(H,27,31). The van der Waals surface area contributed by atoms with Crippen LogP contribution in [-0.2, 0) is 16.6 Å². The van der Waals surface area contributed by atoms with Crippen molar-refractivity contribution in [3.8, 4) is 0 Å². The summed E-state index contributed by atoms with van der Waals surface area (Å²) in [5.74, 6) is -0.226. The first kappa shape index (κ1) is 24.9. The van der Waals surface area contributed by atoms with Gasteiger partial charge >= 0.3 is 0 Å². The molecule has 1 amide bonds. The highest BCUT2D eigenvalue weighted by Gasteiger charge is 2.26. The van der Waals surface area contributed by atoms with E-state index in [4.69, 9.17) is 0 Å². The van der Waals surface area contributed by atoms with E-state index in [-0.39, 0.29) is 10.8 Å². The lowest BCUT2D eigenvalue weighted by atomic mass is 10.2. The van der Waals surface area contributed by atoms with E-state index in [0.29, 0.717) is 25.2 Å². The summed E-state index contributed by atoms with van der Waals surface area (Å²) in [4.78, 5) is 17.7. The second-order valence-corrected chi connectivity index (χ2v) is 11.1. The molecule has 7 nitrogen and oxygen atoms in total. The minimum absolute atomic E-state index is 0.205. The van der Waals surface area contributed by atoms with E-state index in [0.717, 1.165) is 65.0 Å². The molecule has 2 aliphatic rings. The van der Waals surface area contributed by atoms with Crippen molar-refractivity contribution in [2.45, 2.75) is 37.1 Å². The Balaban J connectivity index is 1.24. The smallest absolute Gasteiger partial charge is 0.251 e. The second-order valence-electron chi connectivity index (χ2n) is 9.21. The van der Waals surface area contributed by atoms with Gasteiger partial charge in [0.05, 0.1) is 4.90 Å². The van der Waals surface area contributed by atoms with Crippen LogP contribution in [0.25, 0.3) is 0 Å². The summed E-state index contributed by atoms with van der Waals surface area (Å²) in [6.07, 6.45) is 3.91. The molecule has 8 heteroatoms. The van der Waals surface area contributed by atoms with Crippen LogP contribution in [0.15, 0.2) is 59.5 Å². The minimum Gasteiger partial charge on any atom is -0.351 e. The Bertz CT molecular complexity index is 1030. The topological polar surface area (TPSA) is 73.0 Å². The fraction of sp³-hybridized carbons (Fsp3) is 0.500. The number of carbonyl (C=O) groups is 1. The van der Waals surface area contributed by atoms with Crippen molar-refractivity contribution in [3.63, 3.8) is 0 Å². The van der Waals surface area contributed by atoms with Crippen LogP contribution < -0.4 is 5.32 Å². The quantitative estimate of drug-likeness (QED) is 0.624. The first-order valence-corrected chi connectivity index (χ1v) is 13.8. The van der Waals surface area contributed by atoms with E-state index in [2.05, 4.69) is 39.4 Å². The summed E-state index contributed by atoms with van der Waals surface area (Å²) in [6, 6.07) is 17.0. The Labute approximate surface area is 203 Å². The van der Waals surface area contributed by atoms with Gasteiger partial charge in [0, 0.05) is 64.5 Å². The van der Waals surface area contributed by atoms with Gasteiger partial charge in [-0.05, 0) is 36.6 Å². The summed E-state index contributed by atoms with van der Waals surface area (Å²) >= 11 is 0. The average Bonchev–Trinajstić information content (AvgIpc) is 3.16. The molecule has 2 aromatic carbocycles. The number of nitrogens with one attached hydrogen (secondary N) is 1. The van der Waals surface area contributed by atoms with Crippen molar-refractivity contribution in [2.75, 3.05) is 52.4 Å². The Morgan fingerprint density at radius 1 is 0.794 bits per heavy atom. The maximum absolute atomic E-state index is 13.1. The summed E-state index contributed by atoms with van der Waals surface area (Å²) < 4.78 is 27.7. The lowest BCUT2D eigenvalue weighted by Crippen LogP contribution is -2.48. The Kier molecular flexibility index (Phi) is 8.72. The van der Waals surface area contributed by atoms with Gasteiger partial charge in [0.15, 0.2) is 0 Å². The molecule has 0 aliphatic carbocycles. The summed E-state index contributed by atoms with van der Waals surface area (Å²) in [5, 5.41) is 2.96. The molecule has 2 saturated heterocycles. The molecule has 0 radical (unpaired) electrons. The van der Waals surface area contributed by atoms with Gasteiger partial charge in [-0.2, -0.15) is 4.31 Å². The zero-order valence-electron chi connectivity index (χ0n) is 19.9. The largest absolute Gasteiger partial charge is 0.351 e. The van der Waals surface area contributed by atoms with Gasteiger partial charge in [-0.15, -0.1) is 0 Å². The van der Waals surface area contributed by atoms with Gasteiger partial charge in [0.2, 0.25) is 10.0 Å². The van der Waals surface area contributed by atoms with Crippen molar-refractivity contribution < 1.29 is 13.2 Å². The molecule has 0 saturated carbocycles. The highest BCUT2D eigenvalue weighted by atomic mass is 32.2. The number of piperazine rings is 1. The monoisotopic (exact) mass is 484 g/mol. The number of rotatable bonds is 8. The van der Waals surface area contributed by atoms with Crippen LogP contribution in [-0.4, -0.2) is 80.8 Å². The number of amides is 1. The molecule has 2 aliphatic heterocycles. The molecule has 1 N–H and O–H groups in total. The zero-order chi connectivity index (χ0) is 23.8. The number of hydrogen-bond donors (Lipinski definition) is 1. The molecule has 0 unspecified atom stereocenters. The summed E-state index contributed by atoms with van der Waals surface area (Å²) in [7, 11) is -3.57. The van der Waals surface area contributed by atoms with E-state index in [1.165, 1.54) is 11.6 Å². The molecule has 0 aromatic heterocycles. The van der Waals surface area contributed by atoms with Gasteiger partial charge in [-0.1, -0.05) is 49.2 Å². The van der Waals surface area contributed by atoms with Crippen molar-refractivity contribution in [3.05, 3.63) is 65.7 Å². The number of carbonyl (C=O) groups excluding carboxylic acids is 1. The van der Waals surface area contributed by atoms with Crippen LogP contribution in [0.5, 0.6) is 0 Å². The predicted molar refractivity (Wildman–Crippen MR) is 134 cm³/mol. The maximum Gasteiger partial charge on any atom is 0.251 e. The van der Waals surface area contributed by atoms with Gasteiger partial charge in [0.1, 0.15) is 0 Å². The Morgan fingerprint density at radius 2 is 1.47 bits per heavy atom. The molecule has 0 spiro atoms. The van der Waals surface area contributed by atoms with Crippen LogP contribution in [0.4, 0.5) is 0 Å². The van der Waals surface area contributed by atoms with Crippen molar-refractivity contribution >= 4 is 15.9 Å². The fourth-order valence-electron chi connectivity index (χ4n) is 4.67. The third kappa shape index (κ3) is 6.66. The van der Waals surface area contributed by atoms with E-state index in [1.807, 2.05) is 6.07 Å². The molecule has 0 atom stereocenters. The molecule has 2 heterocycles. The number of nitrogens with zero attached hydrogens (tertiary/aromatic N) is 3. The van der Waals surface area contributed by atoms with Crippen molar-refractivity contribution in [1.82, 2.24) is 19.4 Å². The van der Waals surface area contributed by atoms with Crippen LogP contribution in [0, 0.1) is 0 Å². The van der Waals surface area contributed by atoms with Gasteiger partial charge < -0.3 is 5.32 Å². The third-order valence-electron chi connectivity index (χ3n) is 6.73. The van der Waals surface area contributed by atoms with E-state index in [9.17, 15) is 13.2 Å². The number of benzene rings is 2. The maximum atomic E-state index is 13.1. The molecule has 2 aromatic rings. The van der Waals surface area contributed by atoms with Crippen LogP contribution in [0.1, 0.15) is 41.6 Å². The lowest BCUT2D eigenvalue weighted by molar-refractivity contribution is 0.0934. The highest BCUT2D eigenvalue weighted by Crippen LogP contribution is 2.21. The Hall–Kier alpha value is -2.26. The zero-order valence-corrected chi connectivity index (χ0v) is 20.7. The minimum atomic E-state index is -3.57. The number of hydrogen-bond acceptors (Lipinski definition) is 5. The third-order valence-corrected chi connectivity index (χ3v) is 8.62. The molecule has 184 valence electrons. The molecule has 34 heavy (non-hydrogen) atoms. The van der Waals surface area contributed by atoms with Crippen molar-refractivity contribution in [2.24, 2.45) is 0 Å². The number of sulfonamides is 1. The second kappa shape index (κ2) is 11.9. The predicted octanol–water partition coefficient (Wildman–Crippen LogP) is 2.80. The Morgan fingerprint density at radius 3 is 2.18 bits per heavy atom. The first-order chi connectivity index (χ1) is 16.5. The lowest BCUT2D eigenvalue weighted by Gasteiger charge is -2.34. The molecule has 4 rings (SSSR count). The van der Waals surface area contributed by atoms with Crippen LogP contribution >= 0.6 is 0 Å². The first-order valence-electron chi connectivity index (χ1n) is 12.4.